The second kappa shape index (κ2) is 9.23. The van der Waals surface area contributed by atoms with E-state index in [4.69, 9.17) is 0 Å². The lowest BCUT2D eigenvalue weighted by Crippen LogP contribution is -2.35. The lowest BCUT2D eigenvalue weighted by atomic mass is 9.99. The highest BCUT2D eigenvalue weighted by atomic mass is 32.1. The molecule has 34 heavy (non-hydrogen) atoms. The highest BCUT2D eigenvalue weighted by molar-refractivity contribution is 7.12. The minimum absolute atomic E-state index is 0.0308. The molecule has 0 bridgehead atoms. The molecule has 0 spiro atoms. The van der Waals surface area contributed by atoms with Crippen LogP contribution in [0.5, 0.6) is 0 Å². The third-order valence-corrected chi connectivity index (χ3v) is 7.04. The van der Waals surface area contributed by atoms with Crippen molar-refractivity contribution in [3.05, 3.63) is 87.1 Å². The van der Waals surface area contributed by atoms with Gasteiger partial charge in [-0.25, -0.2) is 0 Å². The molecular formula is C26H23N3O4S. The fourth-order valence-electron chi connectivity index (χ4n) is 4.43. The Morgan fingerprint density at radius 1 is 0.941 bits per heavy atom. The molecule has 1 aromatic heterocycles. The van der Waals surface area contributed by atoms with E-state index < -0.39 is 0 Å². The summed E-state index contributed by atoms with van der Waals surface area (Å²) >= 11 is 1.44. The number of nitrogens with zero attached hydrogens (tertiary/aromatic N) is 2. The zero-order valence-electron chi connectivity index (χ0n) is 18.5. The summed E-state index contributed by atoms with van der Waals surface area (Å²) in [5, 5.41) is 4.80. The SMILES string of the molecule is O=C(CCCN1C(=O)c2ccccc2C1=O)Nc1ccc2c(c1)CN(C(=O)c1cccs1)CC2. The number of imide groups is 1. The van der Waals surface area contributed by atoms with Crippen molar-refractivity contribution in [1.82, 2.24) is 9.80 Å². The Morgan fingerprint density at radius 3 is 2.41 bits per heavy atom. The predicted octanol–water partition coefficient (Wildman–Crippen LogP) is 3.96. The Hall–Kier alpha value is -3.78. The summed E-state index contributed by atoms with van der Waals surface area (Å²) in [6.45, 7) is 1.38. The normalized spacial score (nSPS) is 14.7. The molecule has 4 amide bonds. The second-order valence-electron chi connectivity index (χ2n) is 8.40. The number of benzene rings is 2. The van der Waals surface area contributed by atoms with E-state index in [-0.39, 0.29) is 36.6 Å². The maximum Gasteiger partial charge on any atom is 0.264 e. The molecule has 1 N–H and O–H groups in total. The summed E-state index contributed by atoms with van der Waals surface area (Å²) < 4.78 is 0. The lowest BCUT2D eigenvalue weighted by molar-refractivity contribution is -0.116. The number of amides is 4. The Morgan fingerprint density at radius 2 is 1.71 bits per heavy atom. The number of hydrogen-bond acceptors (Lipinski definition) is 5. The van der Waals surface area contributed by atoms with Gasteiger partial charge in [-0.15, -0.1) is 11.3 Å². The summed E-state index contributed by atoms with van der Waals surface area (Å²) in [4.78, 5) is 53.8. The first kappa shape index (κ1) is 22.0. The molecule has 2 aromatic carbocycles. The van der Waals surface area contributed by atoms with Gasteiger partial charge in [0.2, 0.25) is 5.91 Å². The molecule has 0 saturated carbocycles. The average Bonchev–Trinajstić information content (AvgIpc) is 3.47. The van der Waals surface area contributed by atoms with Gasteiger partial charge >= 0.3 is 0 Å². The van der Waals surface area contributed by atoms with Crippen LogP contribution in [0.2, 0.25) is 0 Å². The van der Waals surface area contributed by atoms with Gasteiger partial charge in [0.15, 0.2) is 0 Å². The van der Waals surface area contributed by atoms with Gasteiger partial charge in [-0.05, 0) is 59.7 Å². The molecule has 0 aliphatic carbocycles. The Bertz CT molecular complexity index is 1250. The topological polar surface area (TPSA) is 86.8 Å². The van der Waals surface area contributed by atoms with Crippen molar-refractivity contribution >= 4 is 40.7 Å². The van der Waals surface area contributed by atoms with Crippen LogP contribution in [0, 0.1) is 0 Å². The molecule has 0 atom stereocenters. The summed E-state index contributed by atoms with van der Waals surface area (Å²) in [5.74, 6) is -0.767. The van der Waals surface area contributed by atoms with E-state index in [9.17, 15) is 19.2 Å². The number of anilines is 1. The van der Waals surface area contributed by atoms with E-state index in [1.165, 1.54) is 21.8 Å². The van der Waals surface area contributed by atoms with Crippen LogP contribution in [-0.4, -0.2) is 46.5 Å². The van der Waals surface area contributed by atoms with Gasteiger partial charge in [0.25, 0.3) is 17.7 Å². The largest absolute Gasteiger partial charge is 0.333 e. The number of rotatable bonds is 6. The van der Waals surface area contributed by atoms with Crippen molar-refractivity contribution in [2.24, 2.45) is 0 Å². The van der Waals surface area contributed by atoms with Crippen LogP contribution in [0.1, 0.15) is 54.4 Å². The van der Waals surface area contributed by atoms with E-state index >= 15 is 0 Å². The maximum absolute atomic E-state index is 12.7. The van der Waals surface area contributed by atoms with Crippen molar-refractivity contribution in [3.63, 3.8) is 0 Å². The second-order valence-corrected chi connectivity index (χ2v) is 9.34. The van der Waals surface area contributed by atoms with Crippen molar-refractivity contribution in [3.8, 4) is 0 Å². The lowest BCUT2D eigenvalue weighted by Gasteiger charge is -2.29. The minimum Gasteiger partial charge on any atom is -0.333 e. The predicted molar refractivity (Wildman–Crippen MR) is 129 cm³/mol. The third kappa shape index (κ3) is 4.24. The van der Waals surface area contributed by atoms with Gasteiger partial charge in [0.1, 0.15) is 0 Å². The molecule has 0 radical (unpaired) electrons. The number of nitrogens with one attached hydrogen (secondary N) is 1. The molecule has 5 rings (SSSR count). The number of carbonyl (C=O) groups is 4. The first-order chi connectivity index (χ1) is 16.5. The van der Waals surface area contributed by atoms with Crippen molar-refractivity contribution in [2.45, 2.75) is 25.8 Å². The van der Waals surface area contributed by atoms with Gasteiger partial charge in [-0.3, -0.25) is 24.1 Å². The molecule has 2 aliphatic rings. The fraction of sp³-hybridized carbons (Fsp3) is 0.231. The van der Waals surface area contributed by atoms with Gasteiger partial charge in [-0.1, -0.05) is 24.3 Å². The quantitative estimate of drug-likeness (QED) is 0.549. The van der Waals surface area contributed by atoms with E-state index in [0.29, 0.717) is 36.3 Å². The molecule has 2 aliphatic heterocycles. The minimum atomic E-state index is -0.308. The van der Waals surface area contributed by atoms with E-state index in [2.05, 4.69) is 5.32 Å². The van der Waals surface area contributed by atoms with Crippen molar-refractivity contribution < 1.29 is 19.2 Å². The summed E-state index contributed by atoms with van der Waals surface area (Å²) in [5.41, 5.74) is 3.71. The monoisotopic (exact) mass is 473 g/mol. The maximum atomic E-state index is 12.7. The third-order valence-electron chi connectivity index (χ3n) is 6.19. The highest BCUT2D eigenvalue weighted by Gasteiger charge is 2.34. The number of hydrogen-bond donors (Lipinski definition) is 1. The van der Waals surface area contributed by atoms with E-state index in [0.717, 1.165) is 16.9 Å². The fourth-order valence-corrected chi connectivity index (χ4v) is 5.12. The van der Waals surface area contributed by atoms with E-state index in [1.54, 1.807) is 24.3 Å². The summed E-state index contributed by atoms with van der Waals surface area (Å²) in [6.07, 6.45) is 1.35. The molecular weight excluding hydrogens is 450 g/mol. The molecule has 0 unspecified atom stereocenters. The van der Waals surface area contributed by atoms with Crippen molar-refractivity contribution in [1.29, 1.82) is 0 Å². The number of thiophene rings is 1. The molecule has 8 heteroatoms. The smallest absolute Gasteiger partial charge is 0.264 e. The average molecular weight is 474 g/mol. The van der Waals surface area contributed by atoms with Gasteiger partial charge in [0, 0.05) is 31.7 Å². The number of carbonyl (C=O) groups excluding carboxylic acids is 4. The molecule has 3 aromatic rings. The van der Waals surface area contributed by atoms with Crippen LogP contribution in [0.3, 0.4) is 0 Å². The summed E-state index contributed by atoms with van der Waals surface area (Å²) in [7, 11) is 0. The first-order valence-corrected chi connectivity index (χ1v) is 12.1. The van der Waals surface area contributed by atoms with Gasteiger partial charge in [-0.2, -0.15) is 0 Å². The van der Waals surface area contributed by atoms with Gasteiger partial charge < -0.3 is 10.2 Å². The standard InChI is InChI=1S/C26H23N3O4S/c30-23(8-3-12-29-24(31)20-5-1-2-6-21(20)25(29)32)27-19-10-9-17-11-13-28(16-18(17)15-19)26(33)22-7-4-14-34-22/h1-2,4-7,9-10,14-15H,3,8,11-13,16H2,(H,27,30). The molecule has 172 valence electrons. The van der Waals surface area contributed by atoms with Crippen LogP contribution in [0.25, 0.3) is 0 Å². The van der Waals surface area contributed by atoms with Crippen LogP contribution in [-0.2, 0) is 17.8 Å². The Labute approximate surface area is 201 Å². The molecule has 0 saturated heterocycles. The van der Waals surface area contributed by atoms with Crippen LogP contribution in [0.15, 0.2) is 60.0 Å². The van der Waals surface area contributed by atoms with E-state index in [1.807, 2.05) is 40.6 Å². The Kier molecular flexibility index (Phi) is 5.98. The highest BCUT2D eigenvalue weighted by Crippen LogP contribution is 2.25. The number of fused-ring (bicyclic) bond motifs is 2. The Balaban J connectivity index is 1.16. The van der Waals surface area contributed by atoms with Crippen LogP contribution >= 0.6 is 11.3 Å². The molecule has 7 nitrogen and oxygen atoms in total. The zero-order valence-corrected chi connectivity index (χ0v) is 19.3. The van der Waals surface area contributed by atoms with Crippen LogP contribution < -0.4 is 5.32 Å². The first-order valence-electron chi connectivity index (χ1n) is 11.2. The van der Waals surface area contributed by atoms with Crippen LogP contribution in [0.4, 0.5) is 5.69 Å². The van der Waals surface area contributed by atoms with Gasteiger partial charge in [0.05, 0.1) is 16.0 Å². The molecule has 3 heterocycles. The molecule has 0 fully saturated rings. The summed E-state index contributed by atoms with van der Waals surface area (Å²) in [6, 6.07) is 16.3. The zero-order chi connectivity index (χ0) is 23.7. The van der Waals surface area contributed by atoms with Crippen molar-refractivity contribution in [2.75, 3.05) is 18.4 Å².